The first-order valence-corrected chi connectivity index (χ1v) is 5.14. The van der Waals surface area contributed by atoms with E-state index in [0.29, 0.717) is 6.61 Å². The third-order valence-corrected chi connectivity index (χ3v) is 2.95. The van der Waals surface area contributed by atoms with Crippen molar-refractivity contribution >= 4 is 10.9 Å². The molecule has 3 rings (SSSR count). The van der Waals surface area contributed by atoms with Gasteiger partial charge in [-0.05, 0) is 6.07 Å². The van der Waals surface area contributed by atoms with Crippen LogP contribution in [0.2, 0.25) is 0 Å². The lowest BCUT2D eigenvalue weighted by Crippen LogP contribution is -2.08. The molecule has 0 fully saturated rings. The first kappa shape index (κ1) is 8.80. The van der Waals surface area contributed by atoms with Crippen molar-refractivity contribution in [2.45, 2.75) is 13.0 Å². The van der Waals surface area contributed by atoms with Gasteiger partial charge in [0.2, 0.25) is 0 Å². The van der Waals surface area contributed by atoms with E-state index in [-0.39, 0.29) is 0 Å². The molecule has 0 aliphatic carbocycles. The molecule has 1 aromatic carbocycles. The molecule has 0 unspecified atom stereocenters. The number of rotatable bonds is 1. The molecule has 0 spiro atoms. The van der Waals surface area contributed by atoms with Gasteiger partial charge >= 0.3 is 0 Å². The van der Waals surface area contributed by atoms with E-state index < -0.39 is 0 Å². The summed E-state index contributed by atoms with van der Waals surface area (Å²) in [5.41, 5.74) is 3.67. The van der Waals surface area contributed by atoms with Crippen molar-refractivity contribution in [3.8, 4) is 5.75 Å². The van der Waals surface area contributed by atoms with Gasteiger partial charge in [-0.3, -0.25) is 0 Å². The molecule has 2 heterocycles. The number of benzene rings is 1. The molecule has 1 N–H and O–H groups in total. The van der Waals surface area contributed by atoms with Gasteiger partial charge in [-0.25, -0.2) is 0 Å². The number of hydrogen-bond donors (Lipinski definition) is 1. The minimum absolute atomic E-state index is 0.711. The molecule has 78 valence electrons. The third kappa shape index (κ3) is 1.23. The van der Waals surface area contributed by atoms with Crippen LogP contribution in [-0.4, -0.2) is 18.7 Å². The maximum Gasteiger partial charge on any atom is 0.142 e. The summed E-state index contributed by atoms with van der Waals surface area (Å²) in [4.78, 5) is 3.43. The van der Waals surface area contributed by atoms with Gasteiger partial charge in [0.05, 0.1) is 25.8 Å². The van der Waals surface area contributed by atoms with Crippen LogP contribution >= 0.6 is 0 Å². The Labute approximate surface area is 88.0 Å². The third-order valence-electron chi connectivity index (χ3n) is 2.95. The fourth-order valence-electron chi connectivity index (χ4n) is 2.20. The Hall–Kier alpha value is -1.48. The second-order valence-corrected chi connectivity index (χ2v) is 3.77. The highest BCUT2D eigenvalue weighted by atomic mass is 16.5. The summed E-state index contributed by atoms with van der Waals surface area (Å²) < 4.78 is 10.8. The van der Waals surface area contributed by atoms with Gasteiger partial charge in [0.15, 0.2) is 0 Å². The van der Waals surface area contributed by atoms with E-state index in [0.717, 1.165) is 24.3 Å². The smallest absolute Gasteiger partial charge is 0.142 e. The second-order valence-electron chi connectivity index (χ2n) is 3.77. The molecule has 3 heteroatoms. The lowest BCUT2D eigenvalue weighted by Gasteiger charge is -2.11. The number of aromatic amines is 1. The summed E-state index contributed by atoms with van der Waals surface area (Å²) in [6, 6.07) is 6.11. The fraction of sp³-hybridized carbons (Fsp3) is 0.333. The minimum Gasteiger partial charge on any atom is -0.495 e. The second kappa shape index (κ2) is 3.28. The summed E-state index contributed by atoms with van der Waals surface area (Å²) in [6.07, 6.45) is 0.965. The van der Waals surface area contributed by atoms with Gasteiger partial charge in [-0.1, -0.05) is 12.1 Å². The van der Waals surface area contributed by atoms with E-state index in [1.54, 1.807) is 7.11 Å². The van der Waals surface area contributed by atoms with Crippen LogP contribution in [0.1, 0.15) is 11.3 Å². The van der Waals surface area contributed by atoms with Crippen molar-refractivity contribution < 1.29 is 9.47 Å². The summed E-state index contributed by atoms with van der Waals surface area (Å²) in [5.74, 6) is 0.905. The van der Waals surface area contributed by atoms with Crippen molar-refractivity contribution in [3.05, 3.63) is 29.5 Å². The molecule has 1 aliphatic rings. The zero-order valence-corrected chi connectivity index (χ0v) is 8.67. The number of nitrogens with one attached hydrogen (secondary N) is 1. The van der Waals surface area contributed by atoms with Gasteiger partial charge in [-0.2, -0.15) is 0 Å². The number of hydrogen-bond acceptors (Lipinski definition) is 2. The fourth-order valence-corrected chi connectivity index (χ4v) is 2.20. The first-order valence-electron chi connectivity index (χ1n) is 5.14. The molecule has 1 aliphatic heterocycles. The monoisotopic (exact) mass is 203 g/mol. The van der Waals surface area contributed by atoms with E-state index in [1.807, 2.05) is 12.1 Å². The molecule has 0 saturated heterocycles. The zero-order chi connectivity index (χ0) is 10.3. The molecule has 0 amide bonds. The Kier molecular flexibility index (Phi) is 1.92. The molecule has 0 radical (unpaired) electrons. The Balaban J connectivity index is 2.31. The number of para-hydroxylation sites is 1. The number of aromatic nitrogens is 1. The lowest BCUT2D eigenvalue weighted by atomic mass is 10.1. The average Bonchev–Trinajstić information content (AvgIpc) is 2.67. The summed E-state index contributed by atoms with van der Waals surface area (Å²) in [5, 5.41) is 1.23. The van der Waals surface area contributed by atoms with Crippen molar-refractivity contribution in [2.24, 2.45) is 0 Å². The van der Waals surface area contributed by atoms with Crippen LogP contribution < -0.4 is 4.74 Å². The molecular weight excluding hydrogens is 190 g/mol. The average molecular weight is 203 g/mol. The SMILES string of the molecule is COc1cccc2c3c([nH]c12)CCOC3. The van der Waals surface area contributed by atoms with E-state index in [4.69, 9.17) is 9.47 Å². The quantitative estimate of drug-likeness (QED) is 0.771. The van der Waals surface area contributed by atoms with Crippen molar-refractivity contribution in [3.63, 3.8) is 0 Å². The van der Waals surface area contributed by atoms with Crippen LogP contribution in [0, 0.1) is 0 Å². The summed E-state index contributed by atoms with van der Waals surface area (Å²) in [7, 11) is 1.70. The van der Waals surface area contributed by atoms with Gasteiger partial charge in [-0.15, -0.1) is 0 Å². The largest absolute Gasteiger partial charge is 0.495 e. The first-order chi connectivity index (χ1) is 7.40. The number of ether oxygens (including phenoxy) is 2. The molecule has 0 bridgehead atoms. The standard InChI is InChI=1S/C12H13NO2/c1-14-11-4-2-3-8-9-7-15-6-5-10(9)13-12(8)11/h2-4,13H,5-7H2,1H3. The van der Waals surface area contributed by atoms with E-state index >= 15 is 0 Å². The maximum absolute atomic E-state index is 5.48. The van der Waals surface area contributed by atoms with Crippen LogP contribution in [0.3, 0.4) is 0 Å². The summed E-state index contributed by atoms with van der Waals surface area (Å²) in [6.45, 7) is 1.52. The van der Waals surface area contributed by atoms with Crippen LogP contribution in [-0.2, 0) is 17.8 Å². The molecule has 15 heavy (non-hydrogen) atoms. The van der Waals surface area contributed by atoms with E-state index in [2.05, 4.69) is 11.1 Å². The van der Waals surface area contributed by atoms with Gasteiger partial charge in [0.1, 0.15) is 5.75 Å². The highest BCUT2D eigenvalue weighted by Gasteiger charge is 2.17. The Morgan fingerprint density at radius 1 is 1.40 bits per heavy atom. The normalized spacial score (nSPS) is 15.3. The van der Waals surface area contributed by atoms with Crippen LogP contribution in [0.5, 0.6) is 5.75 Å². The molecule has 1 aromatic heterocycles. The number of methoxy groups -OCH3 is 1. The lowest BCUT2D eigenvalue weighted by molar-refractivity contribution is 0.111. The Morgan fingerprint density at radius 3 is 3.20 bits per heavy atom. The molecule has 0 saturated carbocycles. The van der Waals surface area contributed by atoms with Crippen molar-refractivity contribution in [1.82, 2.24) is 4.98 Å². The van der Waals surface area contributed by atoms with Gasteiger partial charge in [0.25, 0.3) is 0 Å². The van der Waals surface area contributed by atoms with Gasteiger partial charge < -0.3 is 14.5 Å². The van der Waals surface area contributed by atoms with E-state index in [1.165, 1.54) is 16.6 Å². The van der Waals surface area contributed by atoms with Crippen LogP contribution in [0.4, 0.5) is 0 Å². The molecule has 3 nitrogen and oxygen atoms in total. The van der Waals surface area contributed by atoms with Crippen LogP contribution in [0.25, 0.3) is 10.9 Å². The maximum atomic E-state index is 5.48. The number of H-pyrrole nitrogens is 1. The molecular formula is C12H13NO2. The number of fused-ring (bicyclic) bond motifs is 3. The highest BCUT2D eigenvalue weighted by Crippen LogP contribution is 2.31. The van der Waals surface area contributed by atoms with E-state index in [9.17, 15) is 0 Å². The molecule has 0 atom stereocenters. The highest BCUT2D eigenvalue weighted by molar-refractivity contribution is 5.89. The Bertz CT molecular complexity index is 502. The predicted octanol–water partition coefficient (Wildman–Crippen LogP) is 2.25. The summed E-state index contributed by atoms with van der Waals surface area (Å²) >= 11 is 0. The Morgan fingerprint density at radius 2 is 2.33 bits per heavy atom. The van der Waals surface area contributed by atoms with Crippen LogP contribution in [0.15, 0.2) is 18.2 Å². The van der Waals surface area contributed by atoms with Crippen molar-refractivity contribution in [2.75, 3.05) is 13.7 Å². The topological polar surface area (TPSA) is 34.2 Å². The predicted molar refractivity (Wildman–Crippen MR) is 58.2 cm³/mol. The minimum atomic E-state index is 0.711. The zero-order valence-electron chi connectivity index (χ0n) is 8.67. The van der Waals surface area contributed by atoms with Gasteiger partial charge in [0, 0.05) is 23.1 Å². The molecule has 2 aromatic rings. The van der Waals surface area contributed by atoms with Crippen molar-refractivity contribution in [1.29, 1.82) is 0 Å².